The number of aromatic nitrogens is 3. The van der Waals surface area contributed by atoms with E-state index in [-0.39, 0.29) is 29.8 Å². The van der Waals surface area contributed by atoms with Crippen molar-refractivity contribution < 1.29 is 14.7 Å². The Labute approximate surface area is 338 Å². The summed E-state index contributed by atoms with van der Waals surface area (Å²) in [7, 11) is 2.11. The number of halogens is 1. The number of likely N-dealkylation sites (N-methyl/N-ethyl adjacent to an activating group) is 1. The first-order valence-corrected chi connectivity index (χ1v) is 20.9. The third kappa shape index (κ3) is 8.56. The molecule has 5 aromatic rings. The Kier molecular flexibility index (Phi) is 11.6. The zero-order valence-corrected chi connectivity index (χ0v) is 33.5. The topological polar surface area (TPSA) is 124 Å². The van der Waals surface area contributed by atoms with Crippen molar-refractivity contribution in [2.75, 3.05) is 57.8 Å². The van der Waals surface area contributed by atoms with Crippen molar-refractivity contribution in [1.29, 1.82) is 0 Å². The summed E-state index contributed by atoms with van der Waals surface area (Å²) < 4.78 is 1.52. The molecule has 2 aromatic heterocycles. The van der Waals surface area contributed by atoms with Crippen molar-refractivity contribution in [2.45, 2.75) is 69.9 Å². The monoisotopic (exact) mass is 789 g/mol. The lowest BCUT2D eigenvalue weighted by atomic mass is 9.88. The fourth-order valence-corrected chi connectivity index (χ4v) is 9.20. The number of aliphatic hydroxyl groups is 1. The van der Waals surface area contributed by atoms with Gasteiger partial charge in [-0.3, -0.25) is 23.9 Å². The summed E-state index contributed by atoms with van der Waals surface area (Å²) in [4.78, 5) is 57.1. The van der Waals surface area contributed by atoms with Gasteiger partial charge in [0, 0.05) is 68.4 Å². The quantitative estimate of drug-likeness (QED) is 0.165. The summed E-state index contributed by atoms with van der Waals surface area (Å²) in [5.74, 6) is -0.408. The van der Waals surface area contributed by atoms with Gasteiger partial charge in [0.25, 0.3) is 11.5 Å². The summed E-state index contributed by atoms with van der Waals surface area (Å²) in [6.45, 7) is 4.99. The van der Waals surface area contributed by atoms with Gasteiger partial charge in [-0.1, -0.05) is 54.1 Å². The molecule has 4 heterocycles. The van der Waals surface area contributed by atoms with Gasteiger partial charge in [0.1, 0.15) is 5.52 Å². The number of amides is 2. The minimum atomic E-state index is -1.15. The highest BCUT2D eigenvalue weighted by Gasteiger charge is 2.36. The normalized spacial score (nSPS) is 17.7. The Morgan fingerprint density at radius 2 is 1.70 bits per heavy atom. The van der Waals surface area contributed by atoms with E-state index in [1.807, 2.05) is 65.6 Å². The van der Waals surface area contributed by atoms with Crippen LogP contribution in [0.25, 0.3) is 21.8 Å². The smallest absolute Gasteiger partial charge is 0.261 e. The third-order valence-corrected chi connectivity index (χ3v) is 12.7. The Hall–Kier alpha value is -4.84. The van der Waals surface area contributed by atoms with E-state index in [4.69, 9.17) is 21.6 Å². The molecule has 57 heavy (non-hydrogen) atoms. The average molecular weight is 790 g/mol. The number of aryl methyl sites for hydroxylation is 1. The number of nitrogens with zero attached hydrogens (tertiary/aromatic N) is 6. The second kappa shape index (κ2) is 16.9. The van der Waals surface area contributed by atoms with Crippen LogP contribution in [0.15, 0.2) is 77.9 Å². The molecule has 2 saturated heterocycles. The number of anilines is 1. The summed E-state index contributed by atoms with van der Waals surface area (Å²) in [6.07, 6.45) is 8.16. The molecule has 3 aliphatic rings. The highest BCUT2D eigenvalue weighted by atomic mass is 35.5. The van der Waals surface area contributed by atoms with E-state index in [0.717, 1.165) is 90.3 Å². The molecule has 0 unspecified atom stereocenters. The summed E-state index contributed by atoms with van der Waals surface area (Å²) in [5.41, 5.74) is 4.88. The predicted octanol–water partition coefficient (Wildman–Crippen LogP) is 5.65. The number of piperidine rings is 1. The summed E-state index contributed by atoms with van der Waals surface area (Å²) in [6, 6.07) is 21.3. The van der Waals surface area contributed by atoms with Crippen LogP contribution in [0.3, 0.4) is 0 Å². The molecule has 3 aromatic carbocycles. The highest BCUT2D eigenvalue weighted by Crippen LogP contribution is 2.33. The van der Waals surface area contributed by atoms with Crippen LogP contribution in [-0.4, -0.2) is 99.7 Å². The van der Waals surface area contributed by atoms with Crippen LogP contribution in [0.1, 0.15) is 65.7 Å². The number of piperazine rings is 1. The zero-order chi connectivity index (χ0) is 39.5. The number of benzene rings is 3. The van der Waals surface area contributed by atoms with Crippen molar-refractivity contribution in [3.63, 3.8) is 0 Å². The summed E-state index contributed by atoms with van der Waals surface area (Å²) >= 11 is 6.76. The second-order valence-corrected chi connectivity index (χ2v) is 16.6. The number of para-hydroxylation sites is 1. The number of carbonyl (C=O) groups is 2. The molecule has 2 N–H and O–H groups in total. The van der Waals surface area contributed by atoms with Crippen LogP contribution in [0.2, 0.25) is 5.02 Å². The highest BCUT2D eigenvalue weighted by molar-refractivity contribution is 6.36. The fraction of sp³-hybridized carbons (Fsp3) is 0.444. The molecule has 12 heteroatoms. The van der Waals surface area contributed by atoms with Crippen molar-refractivity contribution >= 4 is 50.9 Å². The molecule has 298 valence electrons. The number of carbonyl (C=O) groups excluding carboxylic acids is 2. The van der Waals surface area contributed by atoms with Crippen molar-refractivity contribution in [2.24, 2.45) is 5.92 Å². The standard InChI is InChI=1S/C45H52ClN7O4/c1-50-23-25-51(26-24-50)39-15-7-13-36-41(39)48-30-53(44(36)56)29-45(57)18-21-52(22-19-45)43(55)33(27-31-9-3-2-4-10-31)11-8-20-47-42(54)32-16-17-35-38(28-32)49-37-14-6-5-12-34(37)40(35)46/h2-4,7,9-10,13,15-17,28,30,33,57H,5-6,8,11-12,14,18-27,29H2,1H3,(H,47,54)/t33-/m0/s1. The van der Waals surface area contributed by atoms with Gasteiger partial charge in [-0.2, -0.15) is 0 Å². The lowest BCUT2D eigenvalue weighted by Crippen LogP contribution is -2.51. The first kappa shape index (κ1) is 39.0. The average Bonchev–Trinajstić information content (AvgIpc) is 3.23. The van der Waals surface area contributed by atoms with E-state index in [9.17, 15) is 19.5 Å². The molecule has 0 bridgehead atoms. The Morgan fingerprint density at radius 3 is 2.49 bits per heavy atom. The van der Waals surface area contributed by atoms with Crippen LogP contribution in [0, 0.1) is 5.92 Å². The molecule has 2 aliphatic heterocycles. The third-order valence-electron chi connectivity index (χ3n) is 12.3. The molecule has 1 atom stereocenters. The minimum Gasteiger partial charge on any atom is -0.388 e. The van der Waals surface area contributed by atoms with Gasteiger partial charge in [0.05, 0.1) is 40.1 Å². The molecule has 11 nitrogen and oxygen atoms in total. The van der Waals surface area contributed by atoms with E-state index >= 15 is 0 Å². The van der Waals surface area contributed by atoms with E-state index in [0.29, 0.717) is 68.2 Å². The maximum Gasteiger partial charge on any atom is 0.261 e. The van der Waals surface area contributed by atoms with Gasteiger partial charge >= 0.3 is 0 Å². The van der Waals surface area contributed by atoms with Gasteiger partial charge in [0.15, 0.2) is 0 Å². The number of nitrogens with one attached hydrogen (secondary N) is 1. The number of rotatable bonds is 11. The minimum absolute atomic E-state index is 0.0500. The van der Waals surface area contributed by atoms with Gasteiger partial charge in [0.2, 0.25) is 5.91 Å². The second-order valence-electron chi connectivity index (χ2n) is 16.3. The predicted molar refractivity (Wildman–Crippen MR) is 225 cm³/mol. The van der Waals surface area contributed by atoms with E-state index in [2.05, 4.69) is 22.2 Å². The number of pyridine rings is 1. The van der Waals surface area contributed by atoms with E-state index < -0.39 is 5.60 Å². The zero-order valence-electron chi connectivity index (χ0n) is 32.8. The largest absolute Gasteiger partial charge is 0.388 e. The maximum atomic E-state index is 14.1. The van der Waals surface area contributed by atoms with Crippen molar-refractivity contribution in [1.82, 2.24) is 29.7 Å². The lowest BCUT2D eigenvalue weighted by Gasteiger charge is -2.39. The van der Waals surface area contributed by atoms with Crippen molar-refractivity contribution in [3.8, 4) is 0 Å². The number of hydrogen-bond donors (Lipinski definition) is 2. The first-order valence-electron chi connectivity index (χ1n) is 20.5. The van der Waals surface area contributed by atoms with Crippen LogP contribution in [0.4, 0.5) is 5.69 Å². The van der Waals surface area contributed by atoms with Crippen LogP contribution in [0.5, 0.6) is 0 Å². The molecule has 0 spiro atoms. The Bertz CT molecular complexity index is 2320. The van der Waals surface area contributed by atoms with Crippen LogP contribution in [-0.2, 0) is 30.6 Å². The Balaban J connectivity index is 0.887. The van der Waals surface area contributed by atoms with Gasteiger partial charge in [-0.25, -0.2) is 4.98 Å². The van der Waals surface area contributed by atoms with E-state index in [1.165, 1.54) is 4.57 Å². The fourth-order valence-electron chi connectivity index (χ4n) is 8.84. The van der Waals surface area contributed by atoms with Gasteiger partial charge < -0.3 is 25.1 Å². The molecule has 1 aliphatic carbocycles. The van der Waals surface area contributed by atoms with Crippen LogP contribution >= 0.6 is 11.6 Å². The van der Waals surface area contributed by atoms with E-state index in [1.54, 1.807) is 12.4 Å². The number of fused-ring (bicyclic) bond motifs is 3. The Morgan fingerprint density at radius 1 is 0.930 bits per heavy atom. The SMILES string of the molecule is CN1CCN(c2cccc3c(=O)n(CC4(O)CCN(C(=O)[C@@H](CCCNC(=O)c5ccc6c(Cl)c7c(nc6c5)CCCC7)Cc5ccccc5)CC4)cnc23)CC1. The van der Waals surface area contributed by atoms with Crippen molar-refractivity contribution in [3.05, 3.63) is 111 Å². The number of likely N-dealkylation sites (tertiary alicyclic amines) is 1. The molecular formula is C45H52ClN7O4. The molecule has 0 saturated carbocycles. The first-order chi connectivity index (χ1) is 27.7. The molecule has 2 amide bonds. The molecular weight excluding hydrogens is 738 g/mol. The van der Waals surface area contributed by atoms with Crippen LogP contribution < -0.4 is 15.8 Å². The molecule has 2 fully saturated rings. The molecule has 0 radical (unpaired) electrons. The number of hydrogen-bond acceptors (Lipinski definition) is 8. The summed E-state index contributed by atoms with van der Waals surface area (Å²) in [5, 5.41) is 17.0. The maximum absolute atomic E-state index is 14.1. The van der Waals surface area contributed by atoms with Gasteiger partial charge in [-0.05, 0) is 100 Å². The lowest BCUT2D eigenvalue weighted by molar-refractivity contribution is -0.140. The van der Waals surface area contributed by atoms with Gasteiger partial charge in [-0.15, -0.1) is 0 Å². The molecule has 8 rings (SSSR count).